The largest absolute Gasteiger partial charge is 0.482 e. The van der Waals surface area contributed by atoms with Crippen molar-refractivity contribution < 1.29 is 19.4 Å². The van der Waals surface area contributed by atoms with Crippen LogP contribution in [0.1, 0.15) is 0 Å². The Morgan fingerprint density at radius 3 is 2.52 bits per heavy atom. The van der Waals surface area contributed by atoms with Crippen LogP contribution in [0.25, 0.3) is 0 Å². The molecule has 0 aliphatic heterocycles. The maximum absolute atomic E-state index is 11.9. The van der Waals surface area contributed by atoms with Gasteiger partial charge in [0, 0.05) is 26.8 Å². The number of ether oxygens (including phenoxy) is 2. The molecule has 0 aliphatic rings. The summed E-state index contributed by atoms with van der Waals surface area (Å²) in [6.07, 6.45) is -0.752. The van der Waals surface area contributed by atoms with Crippen LogP contribution in [-0.2, 0) is 9.53 Å². The number of hydrogen-bond acceptors (Lipinski definition) is 4. The summed E-state index contributed by atoms with van der Waals surface area (Å²) in [6, 6.07) is 2.89. The summed E-state index contributed by atoms with van der Waals surface area (Å²) in [7, 11) is 3.03. The van der Waals surface area contributed by atoms with E-state index < -0.39 is 6.10 Å². The summed E-state index contributed by atoms with van der Waals surface area (Å²) in [6.45, 7) is 0.0656. The number of aliphatic hydroxyl groups excluding tert-OH is 1. The number of carbonyl (C=O) groups excluding carboxylic acids is 1. The lowest BCUT2D eigenvalue weighted by Crippen LogP contribution is -2.38. The topological polar surface area (TPSA) is 59.0 Å². The lowest BCUT2D eigenvalue weighted by molar-refractivity contribution is -0.133. The molecular weight excluding hydrogens is 341 g/mol. The van der Waals surface area contributed by atoms with Crippen LogP contribution in [-0.4, -0.2) is 55.9 Å². The lowest BCUT2D eigenvalue weighted by atomic mass is 10.3. The van der Waals surface area contributed by atoms with Crippen LogP contribution in [0, 0.1) is 0 Å². The van der Waals surface area contributed by atoms with Gasteiger partial charge in [0.05, 0.1) is 27.8 Å². The molecule has 8 heteroatoms. The first-order valence-electron chi connectivity index (χ1n) is 6.03. The first-order valence-corrected chi connectivity index (χ1v) is 7.16. The monoisotopic (exact) mass is 355 g/mol. The fourth-order valence-corrected chi connectivity index (χ4v) is 2.12. The molecule has 1 rings (SSSR count). The molecule has 0 spiro atoms. The maximum atomic E-state index is 11.9. The van der Waals surface area contributed by atoms with Crippen LogP contribution >= 0.6 is 34.8 Å². The van der Waals surface area contributed by atoms with Crippen molar-refractivity contribution in [2.75, 3.05) is 33.9 Å². The van der Waals surface area contributed by atoms with E-state index in [-0.39, 0.29) is 41.5 Å². The van der Waals surface area contributed by atoms with Gasteiger partial charge in [-0.25, -0.2) is 0 Å². The summed E-state index contributed by atoms with van der Waals surface area (Å²) in [5, 5.41) is 10.4. The van der Waals surface area contributed by atoms with Gasteiger partial charge in [-0.2, -0.15) is 0 Å². The minimum atomic E-state index is -0.752. The molecular formula is C13H16Cl3NO4. The third-order valence-electron chi connectivity index (χ3n) is 2.60. The summed E-state index contributed by atoms with van der Waals surface area (Å²) in [5.41, 5.74) is 0. The quantitative estimate of drug-likeness (QED) is 0.763. The third kappa shape index (κ3) is 5.88. The Morgan fingerprint density at radius 1 is 1.29 bits per heavy atom. The van der Waals surface area contributed by atoms with Gasteiger partial charge in [0.2, 0.25) is 0 Å². The van der Waals surface area contributed by atoms with Gasteiger partial charge < -0.3 is 19.5 Å². The highest BCUT2D eigenvalue weighted by atomic mass is 35.5. The SMILES string of the molecule is COCC(O)CN(C)C(=O)COc1cc(Cl)c(Cl)cc1Cl. The minimum absolute atomic E-state index is 0.144. The Morgan fingerprint density at radius 2 is 1.90 bits per heavy atom. The van der Waals surface area contributed by atoms with Gasteiger partial charge in [0.25, 0.3) is 5.91 Å². The van der Waals surface area contributed by atoms with Crippen LogP contribution in [0.5, 0.6) is 5.75 Å². The zero-order valence-electron chi connectivity index (χ0n) is 11.6. The molecule has 21 heavy (non-hydrogen) atoms. The number of nitrogens with zero attached hydrogens (tertiary/aromatic N) is 1. The predicted molar refractivity (Wildman–Crippen MR) is 82.5 cm³/mol. The molecule has 0 fully saturated rings. The zero-order valence-corrected chi connectivity index (χ0v) is 13.9. The van der Waals surface area contributed by atoms with Crippen molar-refractivity contribution in [3.05, 3.63) is 27.2 Å². The van der Waals surface area contributed by atoms with Gasteiger partial charge in [-0.15, -0.1) is 0 Å². The molecule has 0 aliphatic carbocycles. The lowest BCUT2D eigenvalue weighted by Gasteiger charge is -2.20. The molecule has 0 saturated heterocycles. The Kier molecular flexibility index (Phi) is 7.56. The average Bonchev–Trinajstić information content (AvgIpc) is 2.41. The number of halogens is 3. The summed E-state index contributed by atoms with van der Waals surface area (Å²) in [5.74, 6) is -0.0439. The summed E-state index contributed by atoms with van der Waals surface area (Å²) >= 11 is 17.6. The second-order valence-electron chi connectivity index (χ2n) is 4.37. The van der Waals surface area contributed by atoms with Crippen LogP contribution in [0.15, 0.2) is 12.1 Å². The molecule has 1 N–H and O–H groups in total. The van der Waals surface area contributed by atoms with Crippen LogP contribution in [0.4, 0.5) is 0 Å². The van der Waals surface area contributed by atoms with E-state index >= 15 is 0 Å². The van der Waals surface area contributed by atoms with Gasteiger partial charge in [-0.3, -0.25) is 4.79 Å². The van der Waals surface area contributed by atoms with Crippen LogP contribution < -0.4 is 4.74 Å². The molecule has 0 bridgehead atoms. The fourth-order valence-electron chi connectivity index (χ4n) is 1.53. The van der Waals surface area contributed by atoms with Crippen molar-refractivity contribution in [2.24, 2.45) is 0 Å². The average molecular weight is 357 g/mol. The number of benzene rings is 1. The Balaban J connectivity index is 2.55. The molecule has 118 valence electrons. The molecule has 1 aromatic carbocycles. The van der Waals surface area contributed by atoms with E-state index in [4.69, 9.17) is 44.3 Å². The number of carbonyl (C=O) groups is 1. The second-order valence-corrected chi connectivity index (χ2v) is 5.59. The zero-order chi connectivity index (χ0) is 16.0. The molecule has 0 saturated carbocycles. The van der Waals surface area contributed by atoms with Gasteiger partial charge in [0.15, 0.2) is 6.61 Å². The van der Waals surface area contributed by atoms with Crippen LogP contribution in [0.3, 0.4) is 0 Å². The van der Waals surface area contributed by atoms with E-state index in [1.807, 2.05) is 0 Å². The number of methoxy groups -OCH3 is 1. The molecule has 0 radical (unpaired) electrons. The Hall–Kier alpha value is -0.720. The van der Waals surface area contributed by atoms with Crippen molar-refractivity contribution in [3.8, 4) is 5.75 Å². The van der Waals surface area contributed by atoms with Crippen molar-refractivity contribution in [2.45, 2.75) is 6.10 Å². The number of amides is 1. The highest BCUT2D eigenvalue weighted by Gasteiger charge is 2.15. The van der Waals surface area contributed by atoms with Gasteiger partial charge in [-0.1, -0.05) is 34.8 Å². The van der Waals surface area contributed by atoms with E-state index in [9.17, 15) is 9.90 Å². The number of hydrogen-bond donors (Lipinski definition) is 1. The Bertz CT molecular complexity index is 499. The molecule has 1 aromatic rings. The van der Waals surface area contributed by atoms with Crippen molar-refractivity contribution in [1.29, 1.82) is 0 Å². The van der Waals surface area contributed by atoms with Crippen molar-refractivity contribution in [3.63, 3.8) is 0 Å². The smallest absolute Gasteiger partial charge is 0.260 e. The fraction of sp³-hybridized carbons (Fsp3) is 0.462. The van der Waals surface area contributed by atoms with Crippen molar-refractivity contribution >= 4 is 40.7 Å². The molecule has 0 heterocycles. The van der Waals surface area contributed by atoms with Gasteiger partial charge in [-0.05, 0) is 6.07 Å². The summed E-state index contributed by atoms with van der Waals surface area (Å²) < 4.78 is 10.1. The maximum Gasteiger partial charge on any atom is 0.260 e. The Labute approximate surface area is 138 Å². The van der Waals surface area contributed by atoms with Crippen molar-refractivity contribution in [1.82, 2.24) is 4.90 Å². The number of rotatable bonds is 7. The van der Waals surface area contributed by atoms with E-state index in [2.05, 4.69) is 0 Å². The van der Waals surface area contributed by atoms with E-state index in [1.54, 1.807) is 7.05 Å². The normalized spacial score (nSPS) is 12.1. The number of aliphatic hydroxyl groups is 1. The molecule has 0 aromatic heterocycles. The predicted octanol–water partition coefficient (Wildman–Crippen LogP) is 2.49. The molecule has 1 atom stereocenters. The molecule has 1 unspecified atom stereocenters. The number of likely N-dealkylation sites (N-methyl/N-ethyl adjacent to an activating group) is 1. The van der Waals surface area contributed by atoms with Crippen LogP contribution in [0.2, 0.25) is 15.1 Å². The van der Waals surface area contributed by atoms with E-state index in [0.717, 1.165) is 0 Å². The van der Waals surface area contributed by atoms with E-state index in [0.29, 0.717) is 5.02 Å². The first kappa shape index (κ1) is 18.3. The molecule has 5 nitrogen and oxygen atoms in total. The second kappa shape index (κ2) is 8.66. The minimum Gasteiger partial charge on any atom is -0.482 e. The standard InChI is InChI=1S/C13H16Cl3NO4/c1-17(5-8(18)6-20-2)13(19)7-21-12-4-10(15)9(14)3-11(12)16/h3-4,8,18H,5-7H2,1-2H3. The van der Waals surface area contributed by atoms with Gasteiger partial charge in [0.1, 0.15) is 5.75 Å². The first-order chi connectivity index (χ1) is 9.85. The highest BCUT2D eigenvalue weighted by Crippen LogP contribution is 2.33. The summed E-state index contributed by atoms with van der Waals surface area (Å²) in [4.78, 5) is 13.2. The van der Waals surface area contributed by atoms with Gasteiger partial charge >= 0.3 is 0 Å². The highest BCUT2D eigenvalue weighted by molar-refractivity contribution is 6.43. The van der Waals surface area contributed by atoms with E-state index in [1.165, 1.54) is 24.1 Å². The molecule has 1 amide bonds. The third-order valence-corrected chi connectivity index (χ3v) is 3.61.